The topological polar surface area (TPSA) is 74.2 Å². The zero-order chi connectivity index (χ0) is 18.4. The van der Waals surface area contributed by atoms with Gasteiger partial charge in [0.2, 0.25) is 0 Å². The summed E-state index contributed by atoms with van der Waals surface area (Å²) >= 11 is 0. The summed E-state index contributed by atoms with van der Waals surface area (Å²) in [5.41, 5.74) is 0.461. The molecule has 2 aromatic rings. The number of unbranched alkanes of at least 4 members (excludes halogenated alkanes) is 1. The number of pyridine rings is 1. The fraction of sp³-hybridized carbons (Fsp3) is 0.474. The van der Waals surface area contributed by atoms with Crippen molar-refractivity contribution >= 4 is 17.5 Å². The molecule has 0 radical (unpaired) electrons. The predicted octanol–water partition coefficient (Wildman–Crippen LogP) is 2.35. The summed E-state index contributed by atoms with van der Waals surface area (Å²) in [6.45, 7) is 7.69. The van der Waals surface area contributed by atoms with Gasteiger partial charge in [0.25, 0.3) is 5.91 Å². The van der Waals surface area contributed by atoms with Gasteiger partial charge in [0.15, 0.2) is 0 Å². The molecule has 3 rings (SSSR count). The number of hydrogen-bond acceptors (Lipinski definition) is 6. The first kappa shape index (κ1) is 18.1. The maximum Gasteiger partial charge on any atom is 0.272 e. The molecule has 0 aliphatic carbocycles. The van der Waals surface area contributed by atoms with Crippen molar-refractivity contribution in [3.05, 3.63) is 42.0 Å². The molecule has 3 heterocycles. The third kappa shape index (κ3) is 4.47. The van der Waals surface area contributed by atoms with Gasteiger partial charge in [-0.3, -0.25) is 4.79 Å². The first-order valence-corrected chi connectivity index (χ1v) is 9.22. The Morgan fingerprint density at radius 2 is 2.00 bits per heavy atom. The van der Waals surface area contributed by atoms with Gasteiger partial charge in [-0.1, -0.05) is 19.4 Å². The maximum atomic E-state index is 12.9. The SMILES string of the molecule is CCCCNc1cc(C(=O)N2CCN(c3ccccn3)CC2)nc(C)n1. The minimum atomic E-state index is -0.0327. The molecule has 0 spiro atoms. The molecular formula is C19H26N6O. The molecule has 0 bridgehead atoms. The van der Waals surface area contributed by atoms with Gasteiger partial charge in [-0.15, -0.1) is 0 Å². The fourth-order valence-corrected chi connectivity index (χ4v) is 3.00. The summed E-state index contributed by atoms with van der Waals surface area (Å²) in [7, 11) is 0. The van der Waals surface area contributed by atoms with Crippen molar-refractivity contribution in [1.29, 1.82) is 0 Å². The second-order valence-electron chi connectivity index (χ2n) is 6.43. The van der Waals surface area contributed by atoms with Crippen LogP contribution >= 0.6 is 0 Å². The molecule has 7 nitrogen and oxygen atoms in total. The number of aromatic nitrogens is 3. The third-order valence-electron chi connectivity index (χ3n) is 4.43. The predicted molar refractivity (Wildman–Crippen MR) is 103 cm³/mol. The van der Waals surface area contributed by atoms with Gasteiger partial charge >= 0.3 is 0 Å². The Labute approximate surface area is 154 Å². The largest absolute Gasteiger partial charge is 0.370 e. The molecule has 1 fully saturated rings. The van der Waals surface area contributed by atoms with E-state index in [4.69, 9.17) is 0 Å². The van der Waals surface area contributed by atoms with E-state index in [2.05, 4.69) is 32.1 Å². The lowest BCUT2D eigenvalue weighted by molar-refractivity contribution is 0.0740. The van der Waals surface area contributed by atoms with Crippen molar-refractivity contribution in [3.63, 3.8) is 0 Å². The van der Waals surface area contributed by atoms with Crippen LogP contribution < -0.4 is 10.2 Å². The Morgan fingerprint density at radius 3 is 2.69 bits per heavy atom. The van der Waals surface area contributed by atoms with Crippen LogP contribution in [0.1, 0.15) is 36.1 Å². The van der Waals surface area contributed by atoms with E-state index in [-0.39, 0.29) is 5.91 Å². The van der Waals surface area contributed by atoms with Crippen LogP contribution in [0.3, 0.4) is 0 Å². The van der Waals surface area contributed by atoms with Gasteiger partial charge in [0.1, 0.15) is 23.2 Å². The summed E-state index contributed by atoms with van der Waals surface area (Å²) in [5.74, 6) is 2.26. The minimum Gasteiger partial charge on any atom is -0.370 e. The van der Waals surface area contributed by atoms with E-state index >= 15 is 0 Å². The van der Waals surface area contributed by atoms with E-state index in [0.29, 0.717) is 24.6 Å². The Bertz CT molecular complexity index is 728. The van der Waals surface area contributed by atoms with E-state index in [0.717, 1.165) is 44.1 Å². The molecule has 1 amide bonds. The zero-order valence-electron chi connectivity index (χ0n) is 15.5. The molecule has 138 valence electrons. The molecule has 0 unspecified atom stereocenters. The van der Waals surface area contributed by atoms with Crippen LogP contribution in [0.15, 0.2) is 30.5 Å². The number of aryl methyl sites for hydroxylation is 1. The first-order valence-electron chi connectivity index (χ1n) is 9.22. The molecular weight excluding hydrogens is 328 g/mol. The van der Waals surface area contributed by atoms with Gasteiger partial charge < -0.3 is 15.1 Å². The van der Waals surface area contributed by atoms with Crippen LogP contribution in [-0.4, -0.2) is 58.5 Å². The quantitative estimate of drug-likeness (QED) is 0.803. The Morgan fingerprint density at radius 1 is 1.19 bits per heavy atom. The lowest BCUT2D eigenvalue weighted by Gasteiger charge is -2.35. The average Bonchev–Trinajstić information content (AvgIpc) is 2.68. The van der Waals surface area contributed by atoms with E-state index in [1.54, 1.807) is 12.3 Å². The fourth-order valence-electron chi connectivity index (χ4n) is 3.00. The highest BCUT2D eigenvalue weighted by Crippen LogP contribution is 2.15. The van der Waals surface area contributed by atoms with Crippen molar-refractivity contribution in [2.24, 2.45) is 0 Å². The lowest BCUT2D eigenvalue weighted by Crippen LogP contribution is -2.49. The number of nitrogens with zero attached hydrogens (tertiary/aromatic N) is 5. The van der Waals surface area contributed by atoms with Gasteiger partial charge in [0.05, 0.1) is 0 Å². The van der Waals surface area contributed by atoms with Crippen molar-refractivity contribution in [1.82, 2.24) is 19.9 Å². The molecule has 1 aliphatic heterocycles. The lowest BCUT2D eigenvalue weighted by atomic mass is 10.2. The van der Waals surface area contributed by atoms with E-state index in [9.17, 15) is 4.79 Å². The Kier molecular flexibility index (Phi) is 5.99. The molecule has 7 heteroatoms. The summed E-state index contributed by atoms with van der Waals surface area (Å²) < 4.78 is 0. The number of nitrogens with one attached hydrogen (secondary N) is 1. The number of rotatable bonds is 6. The number of hydrogen-bond donors (Lipinski definition) is 1. The van der Waals surface area contributed by atoms with Crippen LogP contribution in [0.4, 0.5) is 11.6 Å². The average molecular weight is 354 g/mol. The van der Waals surface area contributed by atoms with E-state index in [1.807, 2.05) is 30.0 Å². The highest BCUT2D eigenvalue weighted by atomic mass is 16.2. The summed E-state index contributed by atoms with van der Waals surface area (Å²) in [6, 6.07) is 7.65. The van der Waals surface area contributed by atoms with Gasteiger partial charge in [-0.05, 0) is 25.5 Å². The highest BCUT2D eigenvalue weighted by molar-refractivity contribution is 5.93. The maximum absolute atomic E-state index is 12.9. The number of carbonyl (C=O) groups is 1. The second kappa shape index (κ2) is 8.60. The monoisotopic (exact) mass is 354 g/mol. The number of amides is 1. The summed E-state index contributed by atoms with van der Waals surface area (Å²) in [4.78, 5) is 30.0. The molecule has 1 saturated heterocycles. The van der Waals surface area contributed by atoms with Crippen molar-refractivity contribution < 1.29 is 4.79 Å². The van der Waals surface area contributed by atoms with E-state index in [1.165, 1.54) is 0 Å². The van der Waals surface area contributed by atoms with Crippen LogP contribution in [0.25, 0.3) is 0 Å². The van der Waals surface area contributed by atoms with E-state index < -0.39 is 0 Å². The second-order valence-corrected chi connectivity index (χ2v) is 6.43. The number of carbonyl (C=O) groups excluding carboxylic acids is 1. The smallest absolute Gasteiger partial charge is 0.272 e. The van der Waals surface area contributed by atoms with Gasteiger partial charge in [-0.2, -0.15) is 0 Å². The Balaban J connectivity index is 1.63. The standard InChI is InChI=1S/C19H26N6O/c1-3-4-8-20-17-14-16(22-15(2)23-17)19(26)25-12-10-24(11-13-25)18-7-5-6-9-21-18/h5-7,9,14H,3-4,8,10-13H2,1-2H3,(H,20,22,23). The molecule has 0 saturated carbocycles. The van der Waals surface area contributed by atoms with Crippen molar-refractivity contribution in [3.8, 4) is 0 Å². The van der Waals surface area contributed by atoms with Crippen LogP contribution in [-0.2, 0) is 0 Å². The minimum absolute atomic E-state index is 0.0327. The normalized spacial score (nSPS) is 14.4. The van der Waals surface area contributed by atoms with Crippen LogP contribution in [0, 0.1) is 6.92 Å². The highest BCUT2D eigenvalue weighted by Gasteiger charge is 2.24. The zero-order valence-corrected chi connectivity index (χ0v) is 15.5. The molecule has 0 aromatic carbocycles. The molecule has 26 heavy (non-hydrogen) atoms. The van der Waals surface area contributed by atoms with Gasteiger partial charge in [0, 0.05) is 45.0 Å². The number of anilines is 2. The number of piperazine rings is 1. The van der Waals surface area contributed by atoms with Crippen molar-refractivity contribution in [2.75, 3.05) is 42.9 Å². The summed E-state index contributed by atoms with van der Waals surface area (Å²) in [5, 5.41) is 3.27. The molecule has 1 aliphatic rings. The van der Waals surface area contributed by atoms with Gasteiger partial charge in [-0.25, -0.2) is 15.0 Å². The Hall–Kier alpha value is -2.70. The molecule has 1 N–H and O–H groups in total. The van der Waals surface area contributed by atoms with Crippen LogP contribution in [0.2, 0.25) is 0 Å². The summed E-state index contributed by atoms with van der Waals surface area (Å²) in [6.07, 6.45) is 3.98. The van der Waals surface area contributed by atoms with Crippen LogP contribution in [0.5, 0.6) is 0 Å². The third-order valence-corrected chi connectivity index (χ3v) is 4.43. The molecule has 2 aromatic heterocycles. The first-order chi connectivity index (χ1) is 12.7. The molecule has 0 atom stereocenters. The van der Waals surface area contributed by atoms with Crippen molar-refractivity contribution in [2.45, 2.75) is 26.7 Å².